The standard InChI is InChI=1S/C14H14N2O4S/c1-10(17)15-14-16-11(9-21-14)7-20-13(18)8-19-12-5-3-2-4-6-12/h2-6,9H,7-8H2,1H3,(H,15,16,17). The van der Waals surface area contributed by atoms with Crippen molar-refractivity contribution in [2.45, 2.75) is 13.5 Å². The highest BCUT2D eigenvalue weighted by Gasteiger charge is 2.08. The van der Waals surface area contributed by atoms with Gasteiger partial charge in [0.15, 0.2) is 11.7 Å². The van der Waals surface area contributed by atoms with E-state index in [1.165, 1.54) is 18.3 Å². The largest absolute Gasteiger partial charge is 0.482 e. The Hall–Kier alpha value is -2.41. The SMILES string of the molecule is CC(=O)Nc1nc(COC(=O)COc2ccccc2)cs1. The van der Waals surface area contributed by atoms with Gasteiger partial charge in [-0.05, 0) is 12.1 Å². The van der Waals surface area contributed by atoms with E-state index in [0.29, 0.717) is 16.6 Å². The van der Waals surface area contributed by atoms with E-state index in [2.05, 4.69) is 10.3 Å². The summed E-state index contributed by atoms with van der Waals surface area (Å²) in [5, 5.41) is 4.76. The Morgan fingerprint density at radius 3 is 2.76 bits per heavy atom. The molecule has 1 heterocycles. The molecule has 0 unspecified atom stereocenters. The third kappa shape index (κ3) is 5.23. The molecule has 0 aliphatic rings. The third-order valence-corrected chi connectivity index (χ3v) is 3.12. The molecular weight excluding hydrogens is 292 g/mol. The highest BCUT2D eigenvalue weighted by molar-refractivity contribution is 7.13. The Morgan fingerprint density at radius 1 is 1.29 bits per heavy atom. The number of nitrogens with zero attached hydrogens (tertiary/aromatic N) is 1. The summed E-state index contributed by atoms with van der Waals surface area (Å²) in [6, 6.07) is 9.01. The van der Waals surface area contributed by atoms with Crippen LogP contribution in [0, 0.1) is 0 Å². The Morgan fingerprint density at radius 2 is 2.05 bits per heavy atom. The first-order chi connectivity index (χ1) is 10.1. The molecule has 21 heavy (non-hydrogen) atoms. The number of carbonyl (C=O) groups excluding carboxylic acids is 2. The fourth-order valence-electron chi connectivity index (χ4n) is 1.44. The van der Waals surface area contributed by atoms with Crippen LogP contribution in [0.25, 0.3) is 0 Å². The van der Waals surface area contributed by atoms with Gasteiger partial charge in [0.2, 0.25) is 5.91 Å². The van der Waals surface area contributed by atoms with Gasteiger partial charge in [-0.25, -0.2) is 9.78 Å². The molecule has 2 rings (SSSR count). The fourth-order valence-corrected chi connectivity index (χ4v) is 2.18. The van der Waals surface area contributed by atoms with Crippen LogP contribution >= 0.6 is 11.3 Å². The second-order valence-electron chi connectivity index (χ2n) is 4.09. The monoisotopic (exact) mass is 306 g/mol. The van der Waals surface area contributed by atoms with Gasteiger partial charge in [-0.3, -0.25) is 4.79 Å². The van der Waals surface area contributed by atoms with Gasteiger partial charge in [0.1, 0.15) is 12.4 Å². The molecule has 0 spiro atoms. The fraction of sp³-hybridized carbons (Fsp3) is 0.214. The van der Waals surface area contributed by atoms with Crippen molar-refractivity contribution in [3.63, 3.8) is 0 Å². The van der Waals surface area contributed by atoms with Crippen LogP contribution in [0.1, 0.15) is 12.6 Å². The molecule has 1 N–H and O–H groups in total. The molecule has 1 amide bonds. The number of hydrogen-bond donors (Lipinski definition) is 1. The maximum Gasteiger partial charge on any atom is 0.344 e. The minimum absolute atomic E-state index is 0.0487. The molecule has 6 nitrogen and oxygen atoms in total. The van der Waals surface area contributed by atoms with Crippen LogP contribution in [0.5, 0.6) is 5.75 Å². The number of carbonyl (C=O) groups is 2. The minimum atomic E-state index is -0.479. The van der Waals surface area contributed by atoms with Gasteiger partial charge < -0.3 is 14.8 Å². The molecule has 0 aliphatic carbocycles. The van der Waals surface area contributed by atoms with Crippen LogP contribution in [0.4, 0.5) is 5.13 Å². The van der Waals surface area contributed by atoms with Crippen molar-refractivity contribution < 1.29 is 19.1 Å². The molecular formula is C14H14N2O4S. The Kier molecular flexibility index (Phi) is 5.28. The van der Waals surface area contributed by atoms with E-state index in [-0.39, 0.29) is 19.1 Å². The number of benzene rings is 1. The van der Waals surface area contributed by atoms with Gasteiger partial charge in [-0.2, -0.15) is 0 Å². The van der Waals surface area contributed by atoms with E-state index in [4.69, 9.17) is 9.47 Å². The summed E-state index contributed by atoms with van der Waals surface area (Å²) in [7, 11) is 0. The van der Waals surface area contributed by atoms with Crippen LogP contribution in [-0.2, 0) is 20.9 Å². The zero-order valence-electron chi connectivity index (χ0n) is 11.4. The molecule has 0 saturated carbocycles. The van der Waals surface area contributed by atoms with E-state index in [1.54, 1.807) is 17.5 Å². The summed E-state index contributed by atoms with van der Waals surface area (Å²) in [5.41, 5.74) is 0.580. The van der Waals surface area contributed by atoms with Crippen LogP contribution in [0.15, 0.2) is 35.7 Å². The van der Waals surface area contributed by atoms with E-state index in [9.17, 15) is 9.59 Å². The first-order valence-electron chi connectivity index (χ1n) is 6.19. The molecule has 0 saturated heterocycles. The quantitative estimate of drug-likeness (QED) is 0.828. The van der Waals surface area contributed by atoms with Gasteiger partial charge >= 0.3 is 5.97 Å². The number of nitrogens with one attached hydrogen (secondary N) is 1. The van der Waals surface area contributed by atoms with Gasteiger partial charge in [-0.15, -0.1) is 11.3 Å². The van der Waals surface area contributed by atoms with Gasteiger partial charge in [0, 0.05) is 12.3 Å². The summed E-state index contributed by atoms with van der Waals surface area (Å²) in [5.74, 6) is -0.0619. The summed E-state index contributed by atoms with van der Waals surface area (Å²) >= 11 is 1.27. The van der Waals surface area contributed by atoms with Crippen molar-refractivity contribution in [2.75, 3.05) is 11.9 Å². The number of thiazole rings is 1. The number of para-hydroxylation sites is 1. The molecule has 1 aromatic carbocycles. The second kappa shape index (κ2) is 7.39. The van der Waals surface area contributed by atoms with E-state index >= 15 is 0 Å². The molecule has 0 bridgehead atoms. The van der Waals surface area contributed by atoms with Crippen molar-refractivity contribution in [3.8, 4) is 5.75 Å². The first-order valence-corrected chi connectivity index (χ1v) is 7.07. The summed E-state index contributed by atoms with van der Waals surface area (Å²) in [6.07, 6.45) is 0. The topological polar surface area (TPSA) is 77.5 Å². The van der Waals surface area contributed by atoms with Crippen molar-refractivity contribution in [1.82, 2.24) is 4.98 Å². The molecule has 2 aromatic rings. The molecule has 7 heteroatoms. The normalized spacial score (nSPS) is 9.95. The molecule has 110 valence electrons. The van der Waals surface area contributed by atoms with Gasteiger partial charge in [-0.1, -0.05) is 18.2 Å². The molecule has 1 aromatic heterocycles. The number of amides is 1. The lowest BCUT2D eigenvalue weighted by Crippen LogP contribution is -2.14. The number of anilines is 1. The Labute approximate surface area is 125 Å². The maximum atomic E-state index is 11.5. The molecule has 0 aliphatic heterocycles. The highest BCUT2D eigenvalue weighted by atomic mass is 32.1. The van der Waals surface area contributed by atoms with Crippen molar-refractivity contribution in [1.29, 1.82) is 0 Å². The number of hydrogen-bond acceptors (Lipinski definition) is 6. The van der Waals surface area contributed by atoms with Gasteiger partial charge in [0.25, 0.3) is 0 Å². The lowest BCUT2D eigenvalue weighted by Gasteiger charge is -2.05. The minimum Gasteiger partial charge on any atom is -0.482 e. The van der Waals surface area contributed by atoms with Crippen molar-refractivity contribution in [3.05, 3.63) is 41.4 Å². The average molecular weight is 306 g/mol. The predicted molar refractivity (Wildman–Crippen MR) is 78.2 cm³/mol. The average Bonchev–Trinajstić information content (AvgIpc) is 2.91. The molecule has 0 atom stereocenters. The number of rotatable bonds is 6. The maximum absolute atomic E-state index is 11.5. The lowest BCUT2D eigenvalue weighted by molar-refractivity contribution is -0.147. The highest BCUT2D eigenvalue weighted by Crippen LogP contribution is 2.16. The van der Waals surface area contributed by atoms with E-state index < -0.39 is 5.97 Å². The second-order valence-corrected chi connectivity index (χ2v) is 4.95. The van der Waals surface area contributed by atoms with E-state index in [1.807, 2.05) is 18.2 Å². The van der Waals surface area contributed by atoms with Crippen LogP contribution in [0.2, 0.25) is 0 Å². The summed E-state index contributed by atoms with van der Waals surface area (Å²) < 4.78 is 10.3. The zero-order chi connectivity index (χ0) is 15.1. The molecule has 0 fully saturated rings. The smallest absolute Gasteiger partial charge is 0.344 e. The number of esters is 1. The summed E-state index contributed by atoms with van der Waals surface area (Å²) in [6.45, 7) is 1.29. The van der Waals surface area contributed by atoms with Crippen molar-refractivity contribution >= 4 is 28.3 Å². The van der Waals surface area contributed by atoms with Crippen molar-refractivity contribution in [2.24, 2.45) is 0 Å². The van der Waals surface area contributed by atoms with Gasteiger partial charge in [0.05, 0.1) is 5.69 Å². The molecule has 0 radical (unpaired) electrons. The zero-order valence-corrected chi connectivity index (χ0v) is 12.2. The van der Waals surface area contributed by atoms with Crippen LogP contribution in [0.3, 0.4) is 0 Å². The lowest BCUT2D eigenvalue weighted by atomic mass is 10.3. The number of aromatic nitrogens is 1. The summed E-state index contributed by atoms with van der Waals surface area (Å²) in [4.78, 5) is 26.5. The van der Waals surface area contributed by atoms with E-state index in [0.717, 1.165) is 0 Å². The third-order valence-electron chi connectivity index (χ3n) is 2.32. The predicted octanol–water partition coefficient (Wildman–Crippen LogP) is 2.22. The van der Waals surface area contributed by atoms with Crippen LogP contribution < -0.4 is 10.1 Å². The Balaban J connectivity index is 1.73. The number of ether oxygens (including phenoxy) is 2. The first kappa shape index (κ1) is 15.0. The van der Waals surface area contributed by atoms with Crippen LogP contribution in [-0.4, -0.2) is 23.5 Å². The Bertz CT molecular complexity index is 612.